The highest BCUT2D eigenvalue weighted by atomic mass is 15.1. The molecule has 1 aromatic carbocycles. The van der Waals surface area contributed by atoms with E-state index in [4.69, 9.17) is 0 Å². The van der Waals surface area contributed by atoms with Gasteiger partial charge in [0.2, 0.25) is 5.95 Å². The van der Waals surface area contributed by atoms with Gasteiger partial charge in [-0.15, -0.1) is 0 Å². The SMILES string of the molecule is CC(Nc1ncc2c(-c3ccc4nccnc4c3)c[nH]c2n1)C1CC1. The molecule has 1 atom stereocenters. The standard InChI is InChI=1S/C19H18N6/c1-11(12-2-3-12)24-19-23-10-15-14(9-22-18(15)25-19)13-4-5-16-17(8-13)21-7-6-20-16/h4-12H,2-3H2,1H3,(H2,22,23,24,25). The van der Waals surface area contributed by atoms with Crippen molar-refractivity contribution in [3.05, 3.63) is 43.0 Å². The van der Waals surface area contributed by atoms with Crippen LogP contribution in [0.4, 0.5) is 5.95 Å². The minimum absolute atomic E-state index is 0.422. The van der Waals surface area contributed by atoms with Gasteiger partial charge < -0.3 is 10.3 Å². The van der Waals surface area contributed by atoms with Crippen LogP contribution in [-0.4, -0.2) is 31.0 Å². The number of aromatic amines is 1. The van der Waals surface area contributed by atoms with Crippen LogP contribution in [-0.2, 0) is 0 Å². The Kier molecular flexibility index (Phi) is 3.16. The summed E-state index contributed by atoms with van der Waals surface area (Å²) in [5, 5.41) is 4.42. The molecule has 124 valence electrons. The first-order chi connectivity index (χ1) is 12.3. The number of fused-ring (bicyclic) bond motifs is 2. The van der Waals surface area contributed by atoms with Gasteiger partial charge in [0, 0.05) is 41.8 Å². The van der Waals surface area contributed by atoms with E-state index < -0.39 is 0 Å². The molecule has 0 radical (unpaired) electrons. The van der Waals surface area contributed by atoms with E-state index in [1.807, 2.05) is 24.5 Å². The number of aromatic nitrogens is 5. The molecule has 1 unspecified atom stereocenters. The molecule has 5 rings (SSSR count). The first-order valence-electron chi connectivity index (χ1n) is 8.60. The van der Waals surface area contributed by atoms with Gasteiger partial charge in [-0.25, -0.2) is 4.98 Å². The molecule has 1 fully saturated rings. The zero-order chi connectivity index (χ0) is 16.8. The highest BCUT2D eigenvalue weighted by Crippen LogP contribution is 2.34. The second-order valence-corrected chi connectivity index (χ2v) is 6.69. The predicted octanol–water partition coefficient (Wildman–Crippen LogP) is 3.78. The highest BCUT2D eigenvalue weighted by molar-refractivity contribution is 5.95. The van der Waals surface area contributed by atoms with Crippen molar-refractivity contribution in [2.45, 2.75) is 25.8 Å². The molecule has 1 saturated carbocycles. The minimum Gasteiger partial charge on any atom is -0.351 e. The molecule has 3 heterocycles. The normalized spacial score (nSPS) is 15.6. The number of nitrogens with one attached hydrogen (secondary N) is 2. The van der Waals surface area contributed by atoms with Crippen molar-refractivity contribution in [3.63, 3.8) is 0 Å². The van der Waals surface area contributed by atoms with E-state index in [0.29, 0.717) is 12.0 Å². The smallest absolute Gasteiger partial charge is 0.224 e. The molecule has 0 bridgehead atoms. The molecule has 6 nitrogen and oxygen atoms in total. The number of hydrogen-bond acceptors (Lipinski definition) is 5. The van der Waals surface area contributed by atoms with Crippen LogP contribution in [0.1, 0.15) is 19.8 Å². The second-order valence-electron chi connectivity index (χ2n) is 6.69. The lowest BCUT2D eigenvalue weighted by molar-refractivity contribution is 0.687. The Morgan fingerprint density at radius 2 is 1.96 bits per heavy atom. The zero-order valence-electron chi connectivity index (χ0n) is 13.9. The molecule has 6 heteroatoms. The van der Waals surface area contributed by atoms with Crippen molar-refractivity contribution >= 4 is 28.0 Å². The third kappa shape index (κ3) is 2.59. The number of H-pyrrole nitrogens is 1. The van der Waals surface area contributed by atoms with Gasteiger partial charge in [0.1, 0.15) is 5.65 Å². The van der Waals surface area contributed by atoms with Gasteiger partial charge in [-0.2, -0.15) is 4.98 Å². The van der Waals surface area contributed by atoms with Gasteiger partial charge in [0.15, 0.2) is 0 Å². The lowest BCUT2D eigenvalue weighted by Gasteiger charge is -2.12. The lowest BCUT2D eigenvalue weighted by Crippen LogP contribution is -2.18. The summed E-state index contributed by atoms with van der Waals surface area (Å²) in [5.74, 6) is 1.45. The molecule has 0 aliphatic heterocycles. The fourth-order valence-corrected chi connectivity index (χ4v) is 3.26. The fourth-order valence-electron chi connectivity index (χ4n) is 3.26. The maximum Gasteiger partial charge on any atom is 0.224 e. The van der Waals surface area contributed by atoms with E-state index in [2.05, 4.69) is 43.2 Å². The summed E-state index contributed by atoms with van der Waals surface area (Å²) < 4.78 is 0. The van der Waals surface area contributed by atoms with Crippen LogP contribution < -0.4 is 5.32 Å². The van der Waals surface area contributed by atoms with Gasteiger partial charge in [-0.05, 0) is 43.4 Å². The summed E-state index contributed by atoms with van der Waals surface area (Å²) in [6, 6.07) is 6.52. The molecule has 0 spiro atoms. The van der Waals surface area contributed by atoms with Crippen molar-refractivity contribution in [1.82, 2.24) is 24.9 Å². The quantitative estimate of drug-likeness (QED) is 0.595. The number of rotatable bonds is 4. The number of anilines is 1. The topological polar surface area (TPSA) is 79.4 Å². The Morgan fingerprint density at radius 3 is 2.80 bits per heavy atom. The largest absolute Gasteiger partial charge is 0.351 e. The summed E-state index contributed by atoms with van der Waals surface area (Å²) >= 11 is 0. The minimum atomic E-state index is 0.422. The third-order valence-corrected chi connectivity index (χ3v) is 4.90. The van der Waals surface area contributed by atoms with Gasteiger partial charge >= 0.3 is 0 Å². The van der Waals surface area contributed by atoms with Crippen molar-refractivity contribution in [1.29, 1.82) is 0 Å². The van der Waals surface area contributed by atoms with Gasteiger partial charge in [-0.1, -0.05) is 6.07 Å². The van der Waals surface area contributed by atoms with Crippen LogP contribution in [0.3, 0.4) is 0 Å². The maximum atomic E-state index is 4.63. The summed E-state index contributed by atoms with van der Waals surface area (Å²) in [7, 11) is 0. The van der Waals surface area contributed by atoms with Crippen molar-refractivity contribution < 1.29 is 0 Å². The average molecular weight is 330 g/mol. The van der Waals surface area contributed by atoms with Crippen LogP contribution in [0.2, 0.25) is 0 Å². The molecule has 3 aromatic heterocycles. The average Bonchev–Trinajstić information content (AvgIpc) is 3.41. The summed E-state index contributed by atoms with van der Waals surface area (Å²) in [4.78, 5) is 21.1. The highest BCUT2D eigenvalue weighted by Gasteiger charge is 2.28. The van der Waals surface area contributed by atoms with Crippen molar-refractivity contribution in [2.24, 2.45) is 5.92 Å². The predicted molar refractivity (Wildman–Crippen MR) is 98.2 cm³/mol. The van der Waals surface area contributed by atoms with E-state index in [1.54, 1.807) is 12.4 Å². The summed E-state index contributed by atoms with van der Waals surface area (Å²) in [6.45, 7) is 2.20. The van der Waals surface area contributed by atoms with E-state index in [-0.39, 0.29) is 0 Å². The molecule has 2 N–H and O–H groups in total. The van der Waals surface area contributed by atoms with Gasteiger partial charge in [0.05, 0.1) is 11.0 Å². The molecular weight excluding hydrogens is 312 g/mol. The van der Waals surface area contributed by atoms with Crippen molar-refractivity contribution in [3.8, 4) is 11.1 Å². The Bertz CT molecular complexity index is 1070. The Balaban J connectivity index is 1.52. The Labute approximate surface area is 144 Å². The molecule has 1 aliphatic carbocycles. The first-order valence-corrected chi connectivity index (χ1v) is 8.60. The molecule has 4 aromatic rings. The van der Waals surface area contributed by atoms with Crippen LogP contribution in [0.15, 0.2) is 43.0 Å². The van der Waals surface area contributed by atoms with E-state index in [1.165, 1.54) is 12.8 Å². The van der Waals surface area contributed by atoms with E-state index in [9.17, 15) is 0 Å². The number of benzene rings is 1. The van der Waals surface area contributed by atoms with Crippen molar-refractivity contribution in [2.75, 3.05) is 5.32 Å². The third-order valence-electron chi connectivity index (χ3n) is 4.90. The molecule has 1 aliphatic rings. The van der Waals surface area contributed by atoms with Crippen LogP contribution in [0, 0.1) is 5.92 Å². The summed E-state index contributed by atoms with van der Waals surface area (Å²) in [5.41, 5.74) is 4.77. The molecule has 0 amide bonds. The summed E-state index contributed by atoms with van der Waals surface area (Å²) in [6.07, 6.45) is 9.88. The monoisotopic (exact) mass is 330 g/mol. The maximum absolute atomic E-state index is 4.63. The van der Waals surface area contributed by atoms with E-state index >= 15 is 0 Å². The second kappa shape index (κ2) is 5.51. The zero-order valence-corrected chi connectivity index (χ0v) is 13.9. The van der Waals surface area contributed by atoms with Gasteiger partial charge in [-0.3, -0.25) is 9.97 Å². The molecule has 25 heavy (non-hydrogen) atoms. The molecule has 0 saturated heterocycles. The van der Waals surface area contributed by atoms with Crippen LogP contribution >= 0.6 is 0 Å². The fraction of sp³-hybridized carbons (Fsp3) is 0.263. The number of hydrogen-bond donors (Lipinski definition) is 2. The first kappa shape index (κ1) is 14.3. The molecular formula is C19H18N6. The lowest BCUT2D eigenvalue weighted by atomic mass is 10.1. The Hall–Kier alpha value is -3.02. The number of nitrogens with zero attached hydrogens (tertiary/aromatic N) is 4. The Morgan fingerprint density at radius 1 is 1.12 bits per heavy atom. The van der Waals surface area contributed by atoms with Crippen LogP contribution in [0.5, 0.6) is 0 Å². The van der Waals surface area contributed by atoms with Gasteiger partial charge in [0.25, 0.3) is 0 Å². The van der Waals surface area contributed by atoms with E-state index in [0.717, 1.165) is 39.1 Å². The van der Waals surface area contributed by atoms with Crippen LogP contribution in [0.25, 0.3) is 33.2 Å².